The lowest BCUT2D eigenvalue weighted by Crippen LogP contribution is -2.53. The quantitative estimate of drug-likeness (QED) is 0.802. The molecule has 1 aromatic heterocycles. The standard InChI is InChI=1S/C14H19N3O3/c18-5-4-16-8-12-13(9-16)20-10-14(19)17(12)7-11-2-1-3-15-6-11/h1-3,6,12-13,18H,4-5,7-10H2/t12-,13-/m1/s1. The number of carbonyl (C=O) groups is 1. The van der Waals surface area contributed by atoms with Gasteiger partial charge in [0.1, 0.15) is 6.61 Å². The van der Waals surface area contributed by atoms with E-state index in [9.17, 15) is 4.79 Å². The van der Waals surface area contributed by atoms with Gasteiger partial charge in [0.2, 0.25) is 5.91 Å². The third-order valence-corrected chi connectivity index (χ3v) is 3.95. The zero-order chi connectivity index (χ0) is 13.9. The molecule has 0 radical (unpaired) electrons. The molecule has 2 aliphatic rings. The smallest absolute Gasteiger partial charge is 0.249 e. The minimum Gasteiger partial charge on any atom is -0.395 e. The van der Waals surface area contributed by atoms with E-state index in [0.29, 0.717) is 13.1 Å². The maximum absolute atomic E-state index is 12.1. The predicted molar refractivity (Wildman–Crippen MR) is 71.8 cm³/mol. The Morgan fingerprint density at radius 3 is 3.10 bits per heavy atom. The number of nitrogens with zero attached hydrogens (tertiary/aromatic N) is 3. The van der Waals surface area contributed by atoms with Crippen molar-refractivity contribution in [3.8, 4) is 0 Å². The van der Waals surface area contributed by atoms with E-state index >= 15 is 0 Å². The third-order valence-electron chi connectivity index (χ3n) is 3.95. The van der Waals surface area contributed by atoms with Gasteiger partial charge in [-0.15, -0.1) is 0 Å². The van der Waals surface area contributed by atoms with E-state index in [2.05, 4.69) is 9.88 Å². The van der Waals surface area contributed by atoms with Gasteiger partial charge >= 0.3 is 0 Å². The maximum Gasteiger partial charge on any atom is 0.249 e. The lowest BCUT2D eigenvalue weighted by Gasteiger charge is -2.36. The van der Waals surface area contributed by atoms with Crippen molar-refractivity contribution in [3.63, 3.8) is 0 Å². The molecule has 1 aromatic rings. The van der Waals surface area contributed by atoms with Crippen LogP contribution < -0.4 is 0 Å². The summed E-state index contributed by atoms with van der Waals surface area (Å²) in [6.07, 6.45) is 3.57. The molecule has 2 fully saturated rings. The molecule has 0 aliphatic carbocycles. The molecule has 0 unspecified atom stereocenters. The molecular formula is C14H19N3O3. The largest absolute Gasteiger partial charge is 0.395 e. The van der Waals surface area contributed by atoms with Crippen LogP contribution in [0.2, 0.25) is 0 Å². The number of likely N-dealkylation sites (tertiary alicyclic amines) is 1. The van der Waals surface area contributed by atoms with Crippen LogP contribution in [0.1, 0.15) is 5.56 Å². The summed E-state index contributed by atoms with van der Waals surface area (Å²) in [5.74, 6) is 0.0287. The number of aliphatic hydroxyl groups excluding tert-OH is 1. The van der Waals surface area contributed by atoms with E-state index in [1.165, 1.54) is 0 Å². The van der Waals surface area contributed by atoms with Crippen molar-refractivity contribution in [2.24, 2.45) is 0 Å². The van der Waals surface area contributed by atoms with E-state index in [1.807, 2.05) is 17.0 Å². The van der Waals surface area contributed by atoms with Gasteiger partial charge in [-0.1, -0.05) is 6.07 Å². The molecule has 6 nitrogen and oxygen atoms in total. The van der Waals surface area contributed by atoms with Gasteiger partial charge in [-0.05, 0) is 11.6 Å². The van der Waals surface area contributed by atoms with Crippen molar-refractivity contribution in [1.82, 2.24) is 14.8 Å². The Morgan fingerprint density at radius 1 is 1.45 bits per heavy atom. The van der Waals surface area contributed by atoms with E-state index in [1.54, 1.807) is 12.4 Å². The zero-order valence-electron chi connectivity index (χ0n) is 11.3. The molecule has 2 atom stereocenters. The number of fused-ring (bicyclic) bond motifs is 1. The van der Waals surface area contributed by atoms with Gasteiger partial charge in [0.05, 0.1) is 18.8 Å². The normalized spacial score (nSPS) is 26.9. The molecule has 20 heavy (non-hydrogen) atoms. The first-order chi connectivity index (χ1) is 9.78. The van der Waals surface area contributed by atoms with Gasteiger partial charge in [0.25, 0.3) is 0 Å². The molecule has 0 spiro atoms. The first kappa shape index (κ1) is 13.5. The van der Waals surface area contributed by atoms with E-state index in [0.717, 1.165) is 18.7 Å². The van der Waals surface area contributed by atoms with Crippen molar-refractivity contribution in [3.05, 3.63) is 30.1 Å². The van der Waals surface area contributed by atoms with Crippen molar-refractivity contribution in [1.29, 1.82) is 0 Å². The molecule has 0 aromatic carbocycles. The molecule has 108 valence electrons. The highest BCUT2D eigenvalue weighted by Gasteiger charge is 2.42. The van der Waals surface area contributed by atoms with Crippen LogP contribution in [0.15, 0.2) is 24.5 Å². The fraction of sp³-hybridized carbons (Fsp3) is 0.571. The molecule has 3 rings (SSSR count). The molecule has 0 saturated carbocycles. The van der Waals surface area contributed by atoms with Crippen molar-refractivity contribution in [2.45, 2.75) is 18.7 Å². The average molecular weight is 277 g/mol. The molecule has 2 saturated heterocycles. The lowest BCUT2D eigenvalue weighted by atomic mass is 10.1. The molecule has 6 heteroatoms. The van der Waals surface area contributed by atoms with Gasteiger partial charge < -0.3 is 14.7 Å². The summed E-state index contributed by atoms with van der Waals surface area (Å²) in [5, 5.41) is 9.04. The summed E-state index contributed by atoms with van der Waals surface area (Å²) < 4.78 is 5.63. The lowest BCUT2D eigenvalue weighted by molar-refractivity contribution is -0.153. The number of morpholine rings is 1. The number of carbonyl (C=O) groups excluding carboxylic acids is 1. The Labute approximate surface area is 118 Å². The predicted octanol–water partition coefficient (Wildman–Crippen LogP) is -0.514. The first-order valence-corrected chi connectivity index (χ1v) is 6.91. The summed E-state index contributed by atoms with van der Waals surface area (Å²) >= 11 is 0. The molecule has 2 aliphatic heterocycles. The second-order valence-electron chi connectivity index (χ2n) is 5.28. The molecule has 0 bridgehead atoms. The van der Waals surface area contributed by atoms with Crippen LogP contribution >= 0.6 is 0 Å². The molecule has 1 amide bonds. The van der Waals surface area contributed by atoms with E-state index in [-0.39, 0.29) is 31.3 Å². The Hall–Kier alpha value is -1.50. The third kappa shape index (κ3) is 2.67. The number of amides is 1. The summed E-state index contributed by atoms with van der Waals surface area (Å²) in [7, 11) is 0. The Bertz CT molecular complexity index is 468. The van der Waals surface area contributed by atoms with Gasteiger partial charge in [0.15, 0.2) is 0 Å². The van der Waals surface area contributed by atoms with E-state index in [4.69, 9.17) is 9.84 Å². The number of aliphatic hydroxyl groups is 1. The minimum atomic E-state index is 0.0287. The summed E-state index contributed by atoms with van der Waals surface area (Å²) in [5.41, 5.74) is 1.03. The van der Waals surface area contributed by atoms with E-state index < -0.39 is 0 Å². The van der Waals surface area contributed by atoms with Crippen LogP contribution in [0.3, 0.4) is 0 Å². The van der Waals surface area contributed by atoms with Crippen LogP contribution in [-0.4, -0.2) is 70.8 Å². The number of hydrogen-bond acceptors (Lipinski definition) is 5. The Balaban J connectivity index is 1.73. The molecule has 3 heterocycles. The van der Waals surface area contributed by atoms with Crippen molar-refractivity contribution < 1.29 is 14.6 Å². The number of rotatable bonds is 4. The van der Waals surface area contributed by atoms with Gasteiger partial charge in [-0.2, -0.15) is 0 Å². The van der Waals surface area contributed by atoms with Crippen LogP contribution in [0, 0.1) is 0 Å². The number of aromatic nitrogens is 1. The van der Waals surface area contributed by atoms with Gasteiger partial charge in [0, 0.05) is 38.6 Å². The monoisotopic (exact) mass is 277 g/mol. The summed E-state index contributed by atoms with van der Waals surface area (Å²) in [6.45, 7) is 3.03. The van der Waals surface area contributed by atoms with Crippen LogP contribution in [-0.2, 0) is 16.1 Å². The maximum atomic E-state index is 12.1. The first-order valence-electron chi connectivity index (χ1n) is 6.91. The highest BCUT2D eigenvalue weighted by molar-refractivity contribution is 5.78. The van der Waals surface area contributed by atoms with Crippen LogP contribution in [0.4, 0.5) is 0 Å². The Morgan fingerprint density at radius 2 is 2.35 bits per heavy atom. The molecule has 1 N–H and O–H groups in total. The second-order valence-corrected chi connectivity index (χ2v) is 5.28. The molecular weight excluding hydrogens is 258 g/mol. The zero-order valence-corrected chi connectivity index (χ0v) is 11.3. The Kier molecular flexibility index (Phi) is 3.95. The number of pyridine rings is 1. The highest BCUT2D eigenvalue weighted by Crippen LogP contribution is 2.24. The SMILES string of the molecule is O=C1CO[C@@H]2CN(CCO)C[C@H]2N1Cc1cccnc1. The van der Waals surface area contributed by atoms with Gasteiger partial charge in [-0.3, -0.25) is 14.7 Å². The van der Waals surface area contributed by atoms with Crippen molar-refractivity contribution >= 4 is 5.91 Å². The summed E-state index contributed by atoms with van der Waals surface area (Å²) in [4.78, 5) is 20.2. The van der Waals surface area contributed by atoms with Crippen LogP contribution in [0.25, 0.3) is 0 Å². The van der Waals surface area contributed by atoms with Gasteiger partial charge in [-0.25, -0.2) is 0 Å². The highest BCUT2D eigenvalue weighted by atomic mass is 16.5. The second kappa shape index (κ2) is 5.87. The minimum absolute atomic E-state index is 0.0287. The topological polar surface area (TPSA) is 65.9 Å². The fourth-order valence-electron chi connectivity index (χ4n) is 2.96. The number of hydrogen-bond donors (Lipinski definition) is 1. The average Bonchev–Trinajstić information content (AvgIpc) is 2.87. The van der Waals surface area contributed by atoms with Crippen molar-refractivity contribution in [2.75, 3.05) is 32.8 Å². The number of β-amino-alcohol motifs (C(OH)–C–C–N with tert-alkyl or cyclic N) is 1. The number of ether oxygens (including phenoxy) is 1. The summed E-state index contributed by atoms with van der Waals surface area (Å²) in [6, 6.07) is 3.93. The fourth-order valence-corrected chi connectivity index (χ4v) is 2.96. The van der Waals surface area contributed by atoms with Crippen LogP contribution in [0.5, 0.6) is 0 Å².